The molecule has 1 aromatic heterocycles. The minimum Gasteiger partial charge on any atom is -0.381 e. The summed E-state index contributed by atoms with van der Waals surface area (Å²) in [6.07, 6.45) is 5.00. The number of nitrogens with zero attached hydrogens (tertiary/aromatic N) is 2. The van der Waals surface area contributed by atoms with E-state index in [1.807, 2.05) is 11.7 Å². The first-order valence-corrected chi connectivity index (χ1v) is 6.22. The Hall–Kier alpha value is -1.13. The summed E-state index contributed by atoms with van der Waals surface area (Å²) in [5.41, 5.74) is 9.05. The largest absolute Gasteiger partial charge is 0.381 e. The van der Waals surface area contributed by atoms with Crippen molar-refractivity contribution < 1.29 is 4.74 Å². The van der Waals surface area contributed by atoms with Crippen LogP contribution in [0.1, 0.15) is 36.4 Å². The van der Waals surface area contributed by atoms with Crippen LogP contribution in [0.15, 0.2) is 12.8 Å². The molecule has 1 aromatic rings. The lowest BCUT2D eigenvalue weighted by molar-refractivity contribution is 0.0843. The number of aryl methyl sites for hydroxylation is 1. The van der Waals surface area contributed by atoms with Gasteiger partial charge in [0.05, 0.1) is 5.69 Å². The van der Waals surface area contributed by atoms with Crippen LogP contribution in [0, 0.1) is 0 Å². The van der Waals surface area contributed by atoms with Gasteiger partial charge in [-0.3, -0.25) is 4.68 Å². The Labute approximate surface area is 102 Å². The second-order valence-electron chi connectivity index (χ2n) is 4.63. The van der Waals surface area contributed by atoms with Crippen LogP contribution in [0.2, 0.25) is 0 Å². The van der Waals surface area contributed by atoms with Crippen molar-refractivity contribution in [3.8, 4) is 0 Å². The first kappa shape index (κ1) is 12.3. The number of hydrogen-bond donors (Lipinski definition) is 1. The molecule has 2 rings (SSSR count). The van der Waals surface area contributed by atoms with Gasteiger partial charge in [0.15, 0.2) is 0 Å². The molecule has 2 heterocycles. The predicted octanol–water partition coefficient (Wildman–Crippen LogP) is 1.68. The van der Waals surface area contributed by atoms with E-state index in [4.69, 9.17) is 10.5 Å². The number of rotatable bonds is 4. The standard InChI is InChI=1S/C13H21N3O/c1-10(3-6-14)12-9-16(2)15-13(12)11-4-7-17-8-5-11/h9,11H,1,3-8,14H2,2H3. The van der Waals surface area contributed by atoms with Crippen molar-refractivity contribution in [3.63, 3.8) is 0 Å². The third kappa shape index (κ3) is 2.76. The molecule has 0 atom stereocenters. The summed E-state index contributed by atoms with van der Waals surface area (Å²) in [4.78, 5) is 0. The molecule has 0 radical (unpaired) electrons. The average molecular weight is 235 g/mol. The van der Waals surface area contributed by atoms with Gasteiger partial charge in [0.2, 0.25) is 0 Å². The zero-order chi connectivity index (χ0) is 12.3. The summed E-state index contributed by atoms with van der Waals surface area (Å²) in [6.45, 7) is 6.43. The van der Waals surface area contributed by atoms with E-state index in [2.05, 4.69) is 17.9 Å². The SMILES string of the molecule is C=C(CCN)c1cn(C)nc1C1CCOCC1. The lowest BCUT2D eigenvalue weighted by Gasteiger charge is -2.21. The van der Waals surface area contributed by atoms with Crippen molar-refractivity contribution in [2.45, 2.75) is 25.2 Å². The van der Waals surface area contributed by atoms with E-state index in [0.29, 0.717) is 12.5 Å². The summed E-state index contributed by atoms with van der Waals surface area (Å²) >= 11 is 0. The highest BCUT2D eigenvalue weighted by molar-refractivity contribution is 5.65. The quantitative estimate of drug-likeness (QED) is 0.863. The monoisotopic (exact) mass is 235 g/mol. The minimum atomic E-state index is 0.509. The fourth-order valence-electron chi connectivity index (χ4n) is 2.36. The van der Waals surface area contributed by atoms with Gasteiger partial charge in [0.1, 0.15) is 0 Å². The Morgan fingerprint density at radius 1 is 1.59 bits per heavy atom. The van der Waals surface area contributed by atoms with Gasteiger partial charge in [-0.25, -0.2) is 0 Å². The molecule has 94 valence electrons. The van der Waals surface area contributed by atoms with Gasteiger partial charge in [-0.1, -0.05) is 6.58 Å². The van der Waals surface area contributed by atoms with Crippen LogP contribution < -0.4 is 5.73 Å². The molecule has 1 fully saturated rings. The van der Waals surface area contributed by atoms with Crippen LogP contribution >= 0.6 is 0 Å². The smallest absolute Gasteiger partial charge is 0.0731 e. The van der Waals surface area contributed by atoms with Crippen LogP contribution in [0.4, 0.5) is 0 Å². The van der Waals surface area contributed by atoms with E-state index in [9.17, 15) is 0 Å². The number of hydrogen-bond acceptors (Lipinski definition) is 3. The molecule has 1 aliphatic heterocycles. The van der Waals surface area contributed by atoms with Crippen LogP contribution in [-0.2, 0) is 11.8 Å². The van der Waals surface area contributed by atoms with Crippen LogP contribution in [-0.4, -0.2) is 29.5 Å². The molecular weight excluding hydrogens is 214 g/mol. The molecule has 0 unspecified atom stereocenters. The van der Waals surface area contributed by atoms with Crippen molar-refractivity contribution >= 4 is 5.57 Å². The second-order valence-corrected chi connectivity index (χ2v) is 4.63. The van der Waals surface area contributed by atoms with E-state index in [-0.39, 0.29) is 0 Å². The molecule has 4 heteroatoms. The fraction of sp³-hybridized carbons (Fsp3) is 0.615. The van der Waals surface area contributed by atoms with E-state index in [1.165, 1.54) is 11.3 Å². The molecule has 1 saturated heterocycles. The van der Waals surface area contributed by atoms with Gasteiger partial charge in [-0.15, -0.1) is 0 Å². The highest BCUT2D eigenvalue weighted by Gasteiger charge is 2.22. The van der Waals surface area contributed by atoms with Crippen molar-refractivity contribution in [1.29, 1.82) is 0 Å². The Bertz CT molecular complexity index is 391. The van der Waals surface area contributed by atoms with E-state index < -0.39 is 0 Å². The van der Waals surface area contributed by atoms with Crippen molar-refractivity contribution in [2.24, 2.45) is 12.8 Å². The summed E-state index contributed by atoms with van der Waals surface area (Å²) in [5, 5.41) is 4.60. The molecule has 0 aromatic carbocycles. The van der Waals surface area contributed by atoms with Crippen molar-refractivity contribution in [2.75, 3.05) is 19.8 Å². The highest BCUT2D eigenvalue weighted by Crippen LogP contribution is 2.31. The zero-order valence-electron chi connectivity index (χ0n) is 10.5. The Kier molecular flexibility index (Phi) is 3.97. The van der Waals surface area contributed by atoms with Gasteiger partial charge in [-0.05, 0) is 31.4 Å². The third-order valence-electron chi connectivity index (χ3n) is 3.29. The molecule has 2 N–H and O–H groups in total. The molecule has 0 aliphatic carbocycles. The molecule has 1 aliphatic rings. The van der Waals surface area contributed by atoms with Crippen LogP contribution in [0.3, 0.4) is 0 Å². The average Bonchev–Trinajstić information content (AvgIpc) is 2.73. The molecule has 0 spiro atoms. The summed E-state index contributed by atoms with van der Waals surface area (Å²) < 4.78 is 7.28. The Morgan fingerprint density at radius 3 is 2.94 bits per heavy atom. The number of nitrogens with two attached hydrogens (primary N) is 1. The Balaban J connectivity index is 2.22. The lowest BCUT2D eigenvalue weighted by atomic mass is 9.91. The van der Waals surface area contributed by atoms with E-state index in [0.717, 1.165) is 38.0 Å². The maximum Gasteiger partial charge on any atom is 0.0731 e. The fourth-order valence-corrected chi connectivity index (χ4v) is 2.36. The van der Waals surface area contributed by atoms with Gasteiger partial charge in [0.25, 0.3) is 0 Å². The lowest BCUT2D eigenvalue weighted by Crippen LogP contribution is -2.15. The predicted molar refractivity (Wildman–Crippen MR) is 68.7 cm³/mol. The van der Waals surface area contributed by atoms with Gasteiger partial charge in [-0.2, -0.15) is 5.10 Å². The summed E-state index contributed by atoms with van der Waals surface area (Å²) in [6, 6.07) is 0. The van der Waals surface area contributed by atoms with E-state index in [1.54, 1.807) is 0 Å². The number of aromatic nitrogens is 2. The molecular formula is C13H21N3O. The van der Waals surface area contributed by atoms with E-state index >= 15 is 0 Å². The van der Waals surface area contributed by atoms with Gasteiger partial charge >= 0.3 is 0 Å². The van der Waals surface area contributed by atoms with Crippen LogP contribution in [0.5, 0.6) is 0 Å². The summed E-state index contributed by atoms with van der Waals surface area (Å²) in [5.74, 6) is 0.509. The second kappa shape index (κ2) is 5.47. The van der Waals surface area contributed by atoms with Crippen molar-refractivity contribution in [1.82, 2.24) is 9.78 Å². The Morgan fingerprint density at radius 2 is 2.29 bits per heavy atom. The van der Waals surface area contributed by atoms with Crippen molar-refractivity contribution in [3.05, 3.63) is 24.0 Å². The molecule has 0 amide bonds. The maximum atomic E-state index is 5.59. The third-order valence-corrected chi connectivity index (χ3v) is 3.29. The first-order valence-electron chi connectivity index (χ1n) is 6.22. The van der Waals surface area contributed by atoms with Gasteiger partial charge in [0, 0.05) is 37.9 Å². The number of ether oxygens (including phenoxy) is 1. The molecule has 4 nitrogen and oxygen atoms in total. The van der Waals surface area contributed by atoms with Crippen LogP contribution in [0.25, 0.3) is 5.57 Å². The molecule has 17 heavy (non-hydrogen) atoms. The topological polar surface area (TPSA) is 53.1 Å². The zero-order valence-corrected chi connectivity index (χ0v) is 10.5. The van der Waals surface area contributed by atoms with Gasteiger partial charge < -0.3 is 10.5 Å². The normalized spacial score (nSPS) is 17.3. The summed E-state index contributed by atoms with van der Waals surface area (Å²) in [7, 11) is 1.96. The highest BCUT2D eigenvalue weighted by atomic mass is 16.5. The molecule has 0 saturated carbocycles. The first-order chi connectivity index (χ1) is 8.22. The molecule has 0 bridgehead atoms. The maximum absolute atomic E-state index is 5.59. The minimum absolute atomic E-state index is 0.509.